The highest BCUT2D eigenvalue weighted by molar-refractivity contribution is 6.10. The van der Waals surface area contributed by atoms with Crippen molar-refractivity contribution in [1.29, 1.82) is 0 Å². The molecule has 7 nitrogen and oxygen atoms in total. The van der Waals surface area contributed by atoms with Gasteiger partial charge in [0.05, 0.1) is 11.9 Å². The molecule has 0 saturated heterocycles. The number of aryl methyl sites for hydroxylation is 1. The van der Waals surface area contributed by atoms with Crippen LogP contribution in [0, 0.1) is 12.3 Å². The average molecular weight is 659 g/mol. The zero-order valence-electron chi connectivity index (χ0n) is 29.4. The van der Waals surface area contributed by atoms with Gasteiger partial charge in [-0.05, 0) is 61.4 Å². The SMILES string of the molecule is CCC1(CC)C2N(C)c3nc(-c4ccccc4C)ncc3N2c2ccccc2C12CCC1N(C)C=CN1c1c2ccc2c1oc1ccccc12. The molecule has 10 rings (SSSR count). The highest BCUT2D eigenvalue weighted by Gasteiger charge is 2.66. The number of hydrogen-bond donors (Lipinski definition) is 0. The molecule has 4 aliphatic rings. The monoisotopic (exact) mass is 658 g/mol. The summed E-state index contributed by atoms with van der Waals surface area (Å²) in [6, 6.07) is 30.9. The van der Waals surface area contributed by atoms with Gasteiger partial charge >= 0.3 is 0 Å². The van der Waals surface area contributed by atoms with E-state index in [9.17, 15) is 0 Å². The van der Waals surface area contributed by atoms with Crippen LogP contribution in [0.3, 0.4) is 0 Å². The molecule has 0 amide bonds. The van der Waals surface area contributed by atoms with E-state index in [0.717, 1.165) is 65.1 Å². The van der Waals surface area contributed by atoms with E-state index in [0.29, 0.717) is 0 Å². The molecule has 0 fully saturated rings. The van der Waals surface area contributed by atoms with Crippen LogP contribution < -0.4 is 14.7 Å². The summed E-state index contributed by atoms with van der Waals surface area (Å²) < 4.78 is 6.90. The predicted octanol–water partition coefficient (Wildman–Crippen LogP) is 9.71. The minimum atomic E-state index is -0.321. The third-order valence-corrected chi connectivity index (χ3v) is 12.8. The molecular formula is C43H42N6O. The lowest BCUT2D eigenvalue weighted by atomic mass is 9.49. The summed E-state index contributed by atoms with van der Waals surface area (Å²) in [6.07, 6.45) is 10.8. The van der Waals surface area contributed by atoms with Crippen LogP contribution in [0.4, 0.5) is 22.9 Å². The maximum absolute atomic E-state index is 6.90. The smallest absolute Gasteiger partial charge is 0.161 e. The summed E-state index contributed by atoms with van der Waals surface area (Å²) in [6.45, 7) is 6.96. The fourth-order valence-electron chi connectivity index (χ4n) is 10.6. The van der Waals surface area contributed by atoms with E-state index in [1.165, 1.54) is 33.5 Å². The van der Waals surface area contributed by atoms with Gasteiger partial charge in [-0.3, -0.25) is 0 Å². The molecule has 250 valence electrons. The minimum Gasteiger partial charge on any atom is -0.454 e. The highest BCUT2D eigenvalue weighted by atomic mass is 16.3. The molecule has 1 spiro atoms. The number of para-hydroxylation sites is 2. The van der Waals surface area contributed by atoms with Gasteiger partial charge in [0.1, 0.15) is 23.6 Å². The molecule has 3 unspecified atom stereocenters. The Balaban J connectivity index is 1.28. The summed E-state index contributed by atoms with van der Waals surface area (Å²) in [5.41, 5.74) is 9.92. The fourth-order valence-corrected chi connectivity index (χ4v) is 10.6. The molecule has 7 heteroatoms. The molecule has 6 aromatic rings. The first-order chi connectivity index (χ1) is 24.4. The zero-order valence-corrected chi connectivity index (χ0v) is 29.4. The Hall–Kier alpha value is -5.30. The highest BCUT2D eigenvalue weighted by Crippen LogP contribution is 2.69. The number of benzene rings is 4. The van der Waals surface area contributed by atoms with Crippen molar-refractivity contribution in [3.05, 3.63) is 120 Å². The van der Waals surface area contributed by atoms with Crippen molar-refractivity contribution in [2.24, 2.45) is 5.41 Å². The number of rotatable bonds is 3. The van der Waals surface area contributed by atoms with Crippen molar-refractivity contribution in [2.75, 3.05) is 28.8 Å². The number of fused-ring (bicyclic) bond motifs is 14. The normalized spacial score (nSPS) is 22.9. The zero-order chi connectivity index (χ0) is 33.9. The molecule has 0 N–H and O–H groups in total. The quantitative estimate of drug-likeness (QED) is 0.188. The molecule has 4 aromatic carbocycles. The van der Waals surface area contributed by atoms with Crippen molar-refractivity contribution < 1.29 is 4.42 Å². The Morgan fingerprint density at radius 3 is 2.44 bits per heavy atom. The second kappa shape index (κ2) is 10.4. The summed E-state index contributed by atoms with van der Waals surface area (Å²) in [4.78, 5) is 20.3. The van der Waals surface area contributed by atoms with Crippen molar-refractivity contribution >= 4 is 44.8 Å². The van der Waals surface area contributed by atoms with Gasteiger partial charge in [-0.25, -0.2) is 9.97 Å². The lowest BCUT2D eigenvalue weighted by Crippen LogP contribution is -2.64. The van der Waals surface area contributed by atoms with Crippen LogP contribution in [0.25, 0.3) is 33.3 Å². The van der Waals surface area contributed by atoms with Gasteiger partial charge in [0, 0.05) is 59.3 Å². The van der Waals surface area contributed by atoms with Crippen LogP contribution in [-0.4, -0.2) is 41.3 Å². The topological polar surface area (TPSA) is 51.9 Å². The lowest BCUT2D eigenvalue weighted by molar-refractivity contribution is 0.0761. The maximum atomic E-state index is 6.90. The van der Waals surface area contributed by atoms with Gasteiger partial charge in [-0.2, -0.15) is 0 Å². The third-order valence-electron chi connectivity index (χ3n) is 12.8. The first kappa shape index (κ1) is 29.6. The largest absolute Gasteiger partial charge is 0.454 e. The molecule has 3 atom stereocenters. The Bertz CT molecular complexity index is 2370. The molecule has 0 aliphatic carbocycles. The Morgan fingerprint density at radius 1 is 0.820 bits per heavy atom. The van der Waals surface area contributed by atoms with E-state index < -0.39 is 0 Å². The van der Waals surface area contributed by atoms with Gasteiger partial charge in [-0.15, -0.1) is 0 Å². The number of nitrogens with zero attached hydrogens (tertiary/aromatic N) is 6. The Morgan fingerprint density at radius 2 is 1.60 bits per heavy atom. The van der Waals surface area contributed by atoms with Gasteiger partial charge in [0.25, 0.3) is 0 Å². The fraction of sp³-hybridized carbons (Fsp3) is 0.302. The van der Waals surface area contributed by atoms with Gasteiger partial charge in [0.15, 0.2) is 17.2 Å². The van der Waals surface area contributed by atoms with E-state index >= 15 is 0 Å². The van der Waals surface area contributed by atoms with E-state index in [4.69, 9.17) is 14.4 Å². The molecular weight excluding hydrogens is 617 g/mol. The van der Waals surface area contributed by atoms with Gasteiger partial charge in [0.2, 0.25) is 0 Å². The van der Waals surface area contributed by atoms with Gasteiger partial charge in [-0.1, -0.05) is 86.6 Å². The molecule has 50 heavy (non-hydrogen) atoms. The second-order valence-electron chi connectivity index (χ2n) is 14.7. The molecule has 6 heterocycles. The summed E-state index contributed by atoms with van der Waals surface area (Å²) in [5, 5.41) is 2.34. The second-order valence-corrected chi connectivity index (χ2v) is 14.7. The van der Waals surface area contributed by atoms with Crippen LogP contribution >= 0.6 is 0 Å². The predicted molar refractivity (Wildman–Crippen MR) is 203 cm³/mol. The molecule has 0 bridgehead atoms. The number of hydrogen-bond acceptors (Lipinski definition) is 7. The van der Waals surface area contributed by atoms with Gasteiger partial charge < -0.3 is 24.0 Å². The van der Waals surface area contributed by atoms with Crippen LogP contribution in [0.1, 0.15) is 56.2 Å². The lowest BCUT2D eigenvalue weighted by Gasteiger charge is -2.61. The Kier molecular flexibility index (Phi) is 6.13. The van der Waals surface area contributed by atoms with Crippen LogP contribution in [-0.2, 0) is 5.41 Å². The van der Waals surface area contributed by atoms with Crippen molar-refractivity contribution in [3.8, 4) is 11.4 Å². The van der Waals surface area contributed by atoms with Crippen molar-refractivity contribution in [1.82, 2.24) is 14.9 Å². The maximum Gasteiger partial charge on any atom is 0.161 e. The number of aromatic nitrogens is 2. The van der Waals surface area contributed by atoms with Crippen molar-refractivity contribution in [2.45, 2.75) is 64.2 Å². The van der Waals surface area contributed by atoms with E-state index in [1.807, 2.05) is 0 Å². The summed E-state index contributed by atoms with van der Waals surface area (Å²) in [5.74, 6) is 1.77. The van der Waals surface area contributed by atoms with Crippen LogP contribution in [0.15, 0.2) is 108 Å². The standard InChI is InChI=1S/C43H42N6O/c1-6-42(7-2)41-47(5)40-34(26-44-39(45-40)28-15-9-8-14-27(28)3)49(41)33-18-12-11-17-31(33)43(42)23-22-36-46(4)24-25-48(36)37-32(43)21-20-30-29-16-10-13-19-35(29)50-38(30)37/h8-21,24-26,36,41H,6-7,22-23H2,1-5H3. The average Bonchev–Trinajstić information content (AvgIpc) is 3.78. The first-order valence-corrected chi connectivity index (χ1v) is 18.1. The Labute approximate surface area is 293 Å². The third kappa shape index (κ3) is 3.50. The molecule has 0 saturated carbocycles. The van der Waals surface area contributed by atoms with Crippen LogP contribution in [0.5, 0.6) is 0 Å². The van der Waals surface area contributed by atoms with Crippen molar-refractivity contribution in [3.63, 3.8) is 0 Å². The molecule has 2 aromatic heterocycles. The van der Waals surface area contributed by atoms with Crippen LogP contribution in [0.2, 0.25) is 0 Å². The first-order valence-electron chi connectivity index (χ1n) is 18.1. The molecule has 0 radical (unpaired) electrons. The van der Waals surface area contributed by atoms with E-state index in [-0.39, 0.29) is 23.2 Å². The molecule has 4 aliphatic heterocycles. The number of furan rings is 1. The van der Waals surface area contributed by atoms with E-state index in [1.54, 1.807) is 0 Å². The number of anilines is 4. The minimum absolute atomic E-state index is 0.0317. The van der Waals surface area contributed by atoms with E-state index in [2.05, 4.69) is 158 Å². The summed E-state index contributed by atoms with van der Waals surface area (Å²) >= 11 is 0. The summed E-state index contributed by atoms with van der Waals surface area (Å²) in [7, 11) is 4.47.